The maximum absolute atomic E-state index is 10.5. The lowest BCUT2D eigenvalue weighted by Gasteiger charge is -2.29. The number of nitrogens with two attached hydrogens (primary N) is 1. The lowest BCUT2D eigenvalue weighted by Crippen LogP contribution is -2.41. The van der Waals surface area contributed by atoms with E-state index in [4.69, 9.17) is 10.7 Å². The number of nitrogens with zero attached hydrogens (tertiary/aromatic N) is 4. The number of hydrogen-bond acceptors (Lipinski definition) is 8. The summed E-state index contributed by atoms with van der Waals surface area (Å²) in [6.45, 7) is 10.1. The summed E-state index contributed by atoms with van der Waals surface area (Å²) in [5, 5.41) is 27.3. The second kappa shape index (κ2) is 9.60. The molecule has 2 heterocycles. The van der Waals surface area contributed by atoms with Crippen LogP contribution in [0, 0.1) is 0 Å². The first-order chi connectivity index (χ1) is 15.2. The lowest BCUT2D eigenvalue weighted by molar-refractivity contribution is 0.0577. The summed E-state index contributed by atoms with van der Waals surface area (Å²) in [7, 11) is 0. The molecule has 0 aliphatic rings. The second-order valence-electron chi connectivity index (χ2n) is 8.69. The highest BCUT2D eigenvalue weighted by Crippen LogP contribution is 2.28. The number of anilines is 3. The molecule has 9 nitrogen and oxygen atoms in total. The van der Waals surface area contributed by atoms with Crippen molar-refractivity contribution in [1.82, 2.24) is 19.5 Å². The molecule has 1 aromatic carbocycles. The van der Waals surface area contributed by atoms with Crippen LogP contribution in [0.2, 0.25) is 0 Å². The summed E-state index contributed by atoms with van der Waals surface area (Å²) in [4.78, 5) is 14.0. The number of nitrogen functional groups attached to an aromatic ring is 1. The molecule has 0 aliphatic heterocycles. The molecule has 0 spiro atoms. The third kappa shape index (κ3) is 5.04. The van der Waals surface area contributed by atoms with Gasteiger partial charge in [-0.2, -0.15) is 9.97 Å². The smallest absolute Gasteiger partial charge is 0.227 e. The molecule has 2 aromatic heterocycles. The Hall–Kier alpha value is -3.07. The minimum Gasteiger partial charge on any atom is -0.508 e. The Morgan fingerprint density at radius 3 is 2.47 bits per heavy atom. The van der Waals surface area contributed by atoms with E-state index in [-0.39, 0.29) is 17.8 Å². The van der Waals surface area contributed by atoms with E-state index in [1.807, 2.05) is 6.92 Å². The van der Waals surface area contributed by atoms with E-state index >= 15 is 0 Å². The van der Waals surface area contributed by atoms with E-state index in [0.717, 1.165) is 18.5 Å². The van der Waals surface area contributed by atoms with Crippen LogP contribution in [0.15, 0.2) is 24.5 Å². The van der Waals surface area contributed by atoms with Crippen LogP contribution in [0.3, 0.4) is 0 Å². The number of aromatic nitrogens is 4. The largest absolute Gasteiger partial charge is 0.508 e. The number of phenolic OH excluding ortho intramolecular Hbond substituents is 1. The normalized spacial score (nSPS) is 13.0. The van der Waals surface area contributed by atoms with Crippen LogP contribution in [0.4, 0.5) is 17.5 Å². The third-order valence-electron chi connectivity index (χ3n) is 5.87. The Morgan fingerprint density at radius 1 is 1.12 bits per heavy atom. The molecule has 0 radical (unpaired) electrons. The van der Waals surface area contributed by atoms with Crippen LogP contribution in [0.25, 0.3) is 11.2 Å². The predicted octanol–water partition coefficient (Wildman–Crippen LogP) is 4.05. The van der Waals surface area contributed by atoms with Crippen molar-refractivity contribution in [3.63, 3.8) is 0 Å². The molecule has 0 bridgehead atoms. The number of hydrogen-bond donors (Lipinski definition) is 5. The van der Waals surface area contributed by atoms with E-state index < -0.39 is 5.60 Å². The van der Waals surface area contributed by atoms with E-state index in [9.17, 15) is 10.2 Å². The molecule has 1 atom stereocenters. The van der Waals surface area contributed by atoms with E-state index in [1.165, 1.54) is 0 Å². The first-order valence-corrected chi connectivity index (χ1v) is 11.2. The highest BCUT2D eigenvalue weighted by atomic mass is 16.3. The number of imidazole rings is 1. The van der Waals surface area contributed by atoms with Gasteiger partial charge in [0.2, 0.25) is 5.95 Å². The standard InChI is InChI=1S/C23H35N7O2/c1-6-16(7-2)30-13-26-19-20(25-12-14-11-15(24)9-10-17(14)31)28-22(29-21(19)30)27-18(8-3)23(4,5)32/h9-11,13,16,18,31-32H,6-8,12,24H2,1-5H3,(H2,25,27,28,29). The minimum atomic E-state index is -0.941. The van der Waals surface area contributed by atoms with Crippen molar-refractivity contribution in [1.29, 1.82) is 0 Å². The predicted molar refractivity (Wildman–Crippen MR) is 129 cm³/mol. The fourth-order valence-corrected chi connectivity index (χ4v) is 3.91. The van der Waals surface area contributed by atoms with Gasteiger partial charge >= 0.3 is 0 Å². The first-order valence-electron chi connectivity index (χ1n) is 11.2. The van der Waals surface area contributed by atoms with Gasteiger partial charge in [-0.05, 0) is 51.3 Å². The number of phenols is 1. The molecule has 6 N–H and O–H groups in total. The monoisotopic (exact) mass is 441 g/mol. The molecule has 9 heteroatoms. The quantitative estimate of drug-likeness (QED) is 0.235. The Labute approximate surface area is 189 Å². The number of benzene rings is 1. The zero-order chi connectivity index (χ0) is 23.5. The van der Waals surface area contributed by atoms with Crippen molar-refractivity contribution < 1.29 is 10.2 Å². The minimum absolute atomic E-state index is 0.158. The zero-order valence-corrected chi connectivity index (χ0v) is 19.6. The summed E-state index contributed by atoms with van der Waals surface area (Å²) >= 11 is 0. The van der Waals surface area contributed by atoms with Crippen molar-refractivity contribution in [2.45, 2.75) is 78.1 Å². The van der Waals surface area contributed by atoms with Gasteiger partial charge in [0.15, 0.2) is 17.0 Å². The highest BCUT2D eigenvalue weighted by Gasteiger charge is 2.27. The van der Waals surface area contributed by atoms with Crippen LogP contribution in [-0.4, -0.2) is 41.4 Å². The molecule has 0 saturated carbocycles. The van der Waals surface area contributed by atoms with Gasteiger partial charge in [-0.25, -0.2) is 4.98 Å². The number of aromatic hydroxyl groups is 1. The highest BCUT2D eigenvalue weighted by molar-refractivity contribution is 5.84. The number of rotatable bonds is 10. The molecule has 3 aromatic rings. The van der Waals surface area contributed by atoms with Crippen LogP contribution in [0.1, 0.15) is 65.5 Å². The van der Waals surface area contributed by atoms with Crippen molar-refractivity contribution in [3.05, 3.63) is 30.1 Å². The Bertz CT molecular complexity index is 1050. The van der Waals surface area contributed by atoms with Crippen molar-refractivity contribution in [2.75, 3.05) is 16.4 Å². The van der Waals surface area contributed by atoms with E-state index in [1.54, 1.807) is 38.4 Å². The SMILES string of the molecule is CCC(CC)n1cnc2c(NCc3cc(N)ccc3O)nc(NC(CC)C(C)(C)O)nc21. The molecule has 0 fully saturated rings. The zero-order valence-electron chi connectivity index (χ0n) is 19.6. The second-order valence-corrected chi connectivity index (χ2v) is 8.69. The van der Waals surface area contributed by atoms with E-state index in [2.05, 4.69) is 39.0 Å². The van der Waals surface area contributed by atoms with Gasteiger partial charge < -0.3 is 31.1 Å². The first kappa shape index (κ1) is 23.6. The van der Waals surface area contributed by atoms with Crippen LogP contribution < -0.4 is 16.4 Å². The molecule has 174 valence electrons. The summed E-state index contributed by atoms with van der Waals surface area (Å²) in [5.74, 6) is 1.12. The molecule has 0 aliphatic carbocycles. The summed E-state index contributed by atoms with van der Waals surface area (Å²) in [5.41, 5.74) is 7.55. The number of fused-ring (bicyclic) bond motifs is 1. The van der Waals surface area contributed by atoms with Crippen LogP contribution in [0.5, 0.6) is 5.75 Å². The number of nitrogens with one attached hydrogen (secondary N) is 2. The van der Waals surface area contributed by atoms with Gasteiger partial charge in [0, 0.05) is 23.8 Å². The molecular weight excluding hydrogens is 406 g/mol. The van der Waals surface area contributed by atoms with Crippen LogP contribution >= 0.6 is 0 Å². The third-order valence-corrected chi connectivity index (χ3v) is 5.87. The fourth-order valence-electron chi connectivity index (χ4n) is 3.91. The van der Waals surface area contributed by atoms with Gasteiger partial charge in [0.25, 0.3) is 0 Å². The fraction of sp³-hybridized carbons (Fsp3) is 0.522. The van der Waals surface area contributed by atoms with Gasteiger partial charge in [-0.3, -0.25) is 0 Å². The Balaban J connectivity index is 2.03. The maximum Gasteiger partial charge on any atom is 0.227 e. The lowest BCUT2D eigenvalue weighted by atomic mass is 9.97. The van der Waals surface area contributed by atoms with Gasteiger partial charge in [0.1, 0.15) is 5.75 Å². The van der Waals surface area contributed by atoms with Gasteiger partial charge in [-0.15, -0.1) is 0 Å². The molecule has 1 unspecified atom stereocenters. The van der Waals surface area contributed by atoms with Crippen molar-refractivity contribution in [3.8, 4) is 5.75 Å². The molecule has 32 heavy (non-hydrogen) atoms. The topological polar surface area (TPSA) is 134 Å². The van der Waals surface area contributed by atoms with Crippen LogP contribution in [-0.2, 0) is 6.54 Å². The van der Waals surface area contributed by atoms with Crippen molar-refractivity contribution in [2.24, 2.45) is 0 Å². The maximum atomic E-state index is 10.5. The average Bonchev–Trinajstić information content (AvgIpc) is 3.16. The molecule has 0 saturated heterocycles. The average molecular weight is 442 g/mol. The molecule has 0 amide bonds. The summed E-state index contributed by atoms with van der Waals surface area (Å²) < 4.78 is 2.08. The van der Waals surface area contributed by atoms with E-state index in [0.29, 0.717) is 41.5 Å². The molecular formula is C23H35N7O2. The summed E-state index contributed by atoms with van der Waals surface area (Å²) in [6.07, 6.45) is 4.42. The Kier molecular flexibility index (Phi) is 7.08. The summed E-state index contributed by atoms with van der Waals surface area (Å²) in [6, 6.07) is 5.00. The molecule has 3 rings (SSSR count). The van der Waals surface area contributed by atoms with Gasteiger partial charge in [-0.1, -0.05) is 20.8 Å². The number of aliphatic hydroxyl groups is 1. The van der Waals surface area contributed by atoms with Crippen molar-refractivity contribution >= 4 is 28.6 Å². The Morgan fingerprint density at radius 2 is 1.84 bits per heavy atom. The van der Waals surface area contributed by atoms with Gasteiger partial charge in [0.05, 0.1) is 18.0 Å².